The predicted molar refractivity (Wildman–Crippen MR) is 105 cm³/mol. The van der Waals surface area contributed by atoms with Gasteiger partial charge in [-0.2, -0.15) is 0 Å². The highest BCUT2D eigenvalue weighted by Gasteiger charge is 2.47. The highest BCUT2D eigenvalue weighted by molar-refractivity contribution is 9.10. The number of furan rings is 1. The van der Waals surface area contributed by atoms with Gasteiger partial charge in [0.05, 0.1) is 11.8 Å². The van der Waals surface area contributed by atoms with Crippen molar-refractivity contribution >= 4 is 33.4 Å². The number of hydrogen-bond donors (Lipinski definition) is 1. The number of amides is 1. The molecule has 6 nitrogen and oxygen atoms in total. The third-order valence-corrected chi connectivity index (χ3v) is 5.00. The lowest BCUT2D eigenvalue weighted by Gasteiger charge is -2.24. The summed E-state index contributed by atoms with van der Waals surface area (Å²) in [6, 6.07) is 9.61. The molecule has 1 atom stereocenters. The number of carbonyl (C=O) groups is 2. The Labute approximate surface area is 166 Å². The van der Waals surface area contributed by atoms with E-state index in [1.165, 1.54) is 11.2 Å². The van der Waals surface area contributed by atoms with Crippen LogP contribution in [-0.4, -0.2) is 53.8 Å². The van der Waals surface area contributed by atoms with Gasteiger partial charge in [-0.25, -0.2) is 0 Å². The standard InChI is InChI=1S/C20H21BrN2O4/c1-22(2)10-4-11-23-17(15-5-3-12-27-15)16(19(25)20(23)26)18(24)13-6-8-14(21)9-7-13/h3,5-9,12,17,24H,4,10-11H2,1-2H3/b18-16-. The van der Waals surface area contributed by atoms with E-state index in [0.29, 0.717) is 24.3 Å². The first-order chi connectivity index (χ1) is 12.9. The van der Waals surface area contributed by atoms with Crippen LogP contribution in [0, 0.1) is 0 Å². The Morgan fingerprint density at radius 3 is 2.52 bits per heavy atom. The molecule has 2 aromatic rings. The van der Waals surface area contributed by atoms with Crippen molar-refractivity contribution in [1.29, 1.82) is 0 Å². The first kappa shape index (κ1) is 19.4. The average molecular weight is 433 g/mol. The van der Waals surface area contributed by atoms with E-state index in [1.54, 1.807) is 36.4 Å². The molecule has 0 aliphatic carbocycles. The summed E-state index contributed by atoms with van der Waals surface area (Å²) in [6.07, 6.45) is 2.20. The number of aliphatic hydroxyl groups excluding tert-OH is 1. The number of benzene rings is 1. The van der Waals surface area contributed by atoms with Crippen molar-refractivity contribution in [2.45, 2.75) is 12.5 Å². The molecular formula is C20H21BrN2O4. The number of Topliss-reactive ketones (excluding diaryl/α,β-unsaturated/α-hetero) is 1. The maximum atomic E-state index is 12.7. The van der Waals surface area contributed by atoms with Crippen molar-refractivity contribution in [2.24, 2.45) is 0 Å². The van der Waals surface area contributed by atoms with Gasteiger partial charge < -0.3 is 19.3 Å². The van der Waals surface area contributed by atoms with Crippen molar-refractivity contribution in [3.05, 3.63) is 64.0 Å². The summed E-state index contributed by atoms with van der Waals surface area (Å²) in [6.45, 7) is 1.17. The van der Waals surface area contributed by atoms with Gasteiger partial charge in [0.25, 0.3) is 11.7 Å². The number of nitrogens with zero attached hydrogens (tertiary/aromatic N) is 2. The van der Waals surface area contributed by atoms with Crippen LogP contribution in [0.5, 0.6) is 0 Å². The van der Waals surface area contributed by atoms with Gasteiger partial charge in [-0.15, -0.1) is 0 Å². The Hall–Kier alpha value is -2.38. The Morgan fingerprint density at radius 1 is 1.22 bits per heavy atom. The van der Waals surface area contributed by atoms with Gasteiger partial charge in [-0.3, -0.25) is 9.59 Å². The van der Waals surface area contributed by atoms with E-state index < -0.39 is 17.7 Å². The van der Waals surface area contributed by atoms with Crippen LogP contribution in [0.4, 0.5) is 0 Å². The molecule has 0 saturated carbocycles. The number of likely N-dealkylation sites (tertiary alicyclic amines) is 1. The summed E-state index contributed by atoms with van der Waals surface area (Å²) < 4.78 is 6.35. The zero-order valence-corrected chi connectivity index (χ0v) is 16.8. The fourth-order valence-electron chi connectivity index (χ4n) is 3.17. The molecule has 0 bridgehead atoms. The van der Waals surface area contributed by atoms with E-state index in [2.05, 4.69) is 15.9 Å². The molecule has 2 heterocycles. The highest BCUT2D eigenvalue weighted by Crippen LogP contribution is 2.39. The largest absolute Gasteiger partial charge is 0.507 e. The Morgan fingerprint density at radius 2 is 1.93 bits per heavy atom. The second-order valence-corrected chi connectivity index (χ2v) is 7.59. The van der Waals surface area contributed by atoms with Gasteiger partial charge >= 0.3 is 0 Å². The van der Waals surface area contributed by atoms with Crippen LogP contribution in [0.15, 0.2) is 57.1 Å². The second kappa shape index (κ2) is 8.10. The van der Waals surface area contributed by atoms with Gasteiger partial charge in [-0.1, -0.05) is 28.1 Å². The molecule has 1 N–H and O–H groups in total. The highest BCUT2D eigenvalue weighted by atomic mass is 79.9. The lowest BCUT2D eigenvalue weighted by atomic mass is 9.99. The number of carbonyl (C=O) groups excluding carboxylic acids is 2. The van der Waals surface area contributed by atoms with Crippen molar-refractivity contribution < 1.29 is 19.1 Å². The van der Waals surface area contributed by atoms with E-state index in [9.17, 15) is 14.7 Å². The number of halogens is 1. The zero-order valence-electron chi connectivity index (χ0n) is 15.2. The Balaban J connectivity index is 2.03. The summed E-state index contributed by atoms with van der Waals surface area (Å²) in [5.41, 5.74) is 0.531. The molecule has 1 aliphatic rings. The SMILES string of the molecule is CN(C)CCCN1C(=O)C(=O)/C(=C(\O)c2ccc(Br)cc2)C1c1ccco1. The van der Waals surface area contributed by atoms with E-state index >= 15 is 0 Å². The molecule has 1 unspecified atom stereocenters. The fraction of sp³-hybridized carbons (Fsp3) is 0.300. The summed E-state index contributed by atoms with van der Waals surface area (Å²) >= 11 is 3.35. The van der Waals surface area contributed by atoms with Crippen molar-refractivity contribution in [1.82, 2.24) is 9.80 Å². The van der Waals surface area contributed by atoms with Crippen LogP contribution in [0.3, 0.4) is 0 Å². The second-order valence-electron chi connectivity index (χ2n) is 6.67. The smallest absolute Gasteiger partial charge is 0.295 e. The van der Waals surface area contributed by atoms with Crippen molar-refractivity contribution in [2.75, 3.05) is 27.2 Å². The van der Waals surface area contributed by atoms with Crippen LogP contribution >= 0.6 is 15.9 Å². The predicted octanol–water partition coefficient (Wildman–Crippen LogP) is 3.42. The lowest BCUT2D eigenvalue weighted by Crippen LogP contribution is -2.32. The van der Waals surface area contributed by atoms with Gasteiger partial charge in [0, 0.05) is 16.6 Å². The number of hydrogen-bond acceptors (Lipinski definition) is 5. The van der Waals surface area contributed by atoms with Gasteiger partial charge in [0.1, 0.15) is 17.6 Å². The minimum atomic E-state index is -0.731. The topological polar surface area (TPSA) is 74.0 Å². The molecule has 27 heavy (non-hydrogen) atoms. The molecule has 1 fully saturated rings. The van der Waals surface area contributed by atoms with Crippen LogP contribution in [-0.2, 0) is 9.59 Å². The van der Waals surface area contributed by atoms with Gasteiger partial charge in [0.15, 0.2) is 0 Å². The summed E-state index contributed by atoms with van der Waals surface area (Å²) in [7, 11) is 3.90. The zero-order chi connectivity index (χ0) is 19.6. The average Bonchev–Trinajstić information content (AvgIpc) is 3.24. The van der Waals surface area contributed by atoms with Crippen LogP contribution in [0.25, 0.3) is 5.76 Å². The Kier molecular flexibility index (Phi) is 5.82. The van der Waals surface area contributed by atoms with Crippen molar-refractivity contribution in [3.63, 3.8) is 0 Å². The molecule has 0 radical (unpaired) electrons. The van der Waals surface area contributed by atoms with Crippen molar-refractivity contribution in [3.8, 4) is 0 Å². The molecule has 7 heteroatoms. The summed E-state index contributed by atoms with van der Waals surface area (Å²) in [5, 5.41) is 10.8. The molecule has 3 rings (SSSR count). The normalized spacial score (nSPS) is 19.3. The maximum Gasteiger partial charge on any atom is 0.295 e. The maximum absolute atomic E-state index is 12.7. The summed E-state index contributed by atoms with van der Waals surface area (Å²) in [4.78, 5) is 28.9. The third-order valence-electron chi connectivity index (χ3n) is 4.47. The Bertz CT molecular complexity index is 857. The first-order valence-electron chi connectivity index (χ1n) is 8.62. The molecule has 142 valence electrons. The minimum absolute atomic E-state index is 0.0575. The van der Waals surface area contributed by atoms with E-state index in [-0.39, 0.29) is 11.3 Å². The monoisotopic (exact) mass is 432 g/mol. The molecular weight excluding hydrogens is 412 g/mol. The van der Waals surface area contributed by atoms with Crippen LogP contribution in [0.1, 0.15) is 23.8 Å². The molecule has 1 saturated heterocycles. The third kappa shape index (κ3) is 3.99. The first-order valence-corrected chi connectivity index (χ1v) is 9.42. The van der Waals surface area contributed by atoms with Crippen LogP contribution in [0.2, 0.25) is 0 Å². The lowest BCUT2D eigenvalue weighted by molar-refractivity contribution is -0.140. The number of rotatable bonds is 6. The number of ketones is 1. The minimum Gasteiger partial charge on any atom is -0.507 e. The molecule has 1 aromatic heterocycles. The molecule has 0 spiro atoms. The molecule has 1 aliphatic heterocycles. The van der Waals surface area contributed by atoms with Gasteiger partial charge in [-0.05, 0) is 51.3 Å². The quantitative estimate of drug-likeness (QED) is 0.430. The van der Waals surface area contributed by atoms with E-state index in [4.69, 9.17) is 4.42 Å². The fourth-order valence-corrected chi connectivity index (χ4v) is 3.44. The van der Waals surface area contributed by atoms with Crippen LogP contribution < -0.4 is 0 Å². The number of aliphatic hydroxyl groups is 1. The van der Waals surface area contributed by atoms with Gasteiger partial charge in [0.2, 0.25) is 0 Å². The molecule has 1 amide bonds. The molecule has 1 aromatic carbocycles. The summed E-state index contributed by atoms with van der Waals surface area (Å²) in [5.74, 6) is -1.05. The van der Waals surface area contributed by atoms with E-state index in [0.717, 1.165) is 11.0 Å². The van der Waals surface area contributed by atoms with E-state index in [1.807, 2.05) is 19.0 Å².